The largest absolute Gasteiger partial charge is 0.513 e. The van der Waals surface area contributed by atoms with Crippen LogP contribution < -0.4 is 0 Å². The van der Waals surface area contributed by atoms with Gasteiger partial charge >= 0.3 is 12.1 Å². The van der Waals surface area contributed by atoms with Gasteiger partial charge in [0.2, 0.25) is 0 Å². The smallest absolute Gasteiger partial charge is 0.458 e. The molecule has 0 rings (SSSR count). The number of ether oxygens (including phenoxy) is 3. The molecule has 0 spiro atoms. The molecular weight excluding hydrogens is 176 g/mol. The van der Waals surface area contributed by atoms with Crippen LogP contribution in [0.3, 0.4) is 0 Å². The van der Waals surface area contributed by atoms with E-state index >= 15 is 0 Å². The van der Waals surface area contributed by atoms with Gasteiger partial charge in [-0.05, 0) is 13.0 Å². The third kappa shape index (κ3) is 5.72. The number of carbonyl (C=O) groups is 2. The normalized spacial score (nSPS) is 10.5. The Morgan fingerprint density at radius 1 is 1.38 bits per heavy atom. The first kappa shape index (κ1) is 11.5. The van der Waals surface area contributed by atoms with Gasteiger partial charge in [-0.3, -0.25) is 4.79 Å². The summed E-state index contributed by atoms with van der Waals surface area (Å²) in [4.78, 5) is 21.0. The third-order valence-electron chi connectivity index (χ3n) is 1.12. The molecule has 0 saturated heterocycles. The molecule has 0 unspecified atom stereocenters. The lowest BCUT2D eigenvalue weighted by Gasteiger charge is -2.06. The number of allylic oxidation sites excluding steroid dienone is 1. The van der Waals surface area contributed by atoms with Crippen molar-refractivity contribution < 1.29 is 23.8 Å². The van der Waals surface area contributed by atoms with Crippen molar-refractivity contribution >= 4 is 12.1 Å². The Morgan fingerprint density at radius 2 is 2.00 bits per heavy atom. The van der Waals surface area contributed by atoms with E-state index in [1.807, 2.05) is 0 Å². The van der Waals surface area contributed by atoms with Gasteiger partial charge in [0.05, 0.1) is 7.11 Å². The van der Waals surface area contributed by atoms with Crippen molar-refractivity contribution in [3.8, 4) is 0 Å². The van der Waals surface area contributed by atoms with Gasteiger partial charge in [-0.25, -0.2) is 4.79 Å². The maximum atomic E-state index is 10.6. The maximum Gasteiger partial charge on any atom is 0.513 e. The highest BCUT2D eigenvalue weighted by Crippen LogP contribution is 2.00. The maximum absolute atomic E-state index is 10.6. The molecule has 0 aromatic carbocycles. The number of esters is 1. The fourth-order valence-corrected chi connectivity index (χ4v) is 0.493. The van der Waals surface area contributed by atoms with E-state index in [0.717, 1.165) is 0 Å². The van der Waals surface area contributed by atoms with E-state index in [4.69, 9.17) is 0 Å². The van der Waals surface area contributed by atoms with E-state index in [-0.39, 0.29) is 12.4 Å². The van der Waals surface area contributed by atoms with Crippen molar-refractivity contribution in [2.45, 2.75) is 13.8 Å². The summed E-state index contributed by atoms with van der Waals surface area (Å²) in [5, 5.41) is 0. The molecule has 0 amide bonds. The minimum Gasteiger partial charge on any atom is -0.458 e. The lowest BCUT2D eigenvalue weighted by Crippen LogP contribution is -2.10. The average molecular weight is 188 g/mol. The van der Waals surface area contributed by atoms with Crippen molar-refractivity contribution in [1.29, 1.82) is 0 Å². The third-order valence-corrected chi connectivity index (χ3v) is 1.12. The standard InChI is InChI=1S/C8H12O5/c1-4-7(5-12-6(2)9)13-8(10)11-3/h4H,5H2,1-3H3/b7-4+. The number of hydrogen-bond donors (Lipinski definition) is 0. The Morgan fingerprint density at radius 3 is 2.38 bits per heavy atom. The zero-order chi connectivity index (χ0) is 10.3. The molecule has 5 nitrogen and oxygen atoms in total. The highest BCUT2D eigenvalue weighted by molar-refractivity contribution is 5.66. The van der Waals surface area contributed by atoms with Crippen LogP contribution in [0.5, 0.6) is 0 Å². The van der Waals surface area contributed by atoms with Crippen LogP contribution in [-0.4, -0.2) is 25.8 Å². The summed E-state index contributed by atoms with van der Waals surface area (Å²) < 4.78 is 13.5. The second-order valence-electron chi connectivity index (χ2n) is 2.09. The van der Waals surface area contributed by atoms with Gasteiger partial charge in [0.25, 0.3) is 0 Å². The van der Waals surface area contributed by atoms with Crippen LogP contribution in [-0.2, 0) is 19.0 Å². The van der Waals surface area contributed by atoms with Crippen molar-refractivity contribution in [2.75, 3.05) is 13.7 Å². The summed E-state index contributed by atoms with van der Waals surface area (Å²) in [6.45, 7) is 2.86. The van der Waals surface area contributed by atoms with Crippen molar-refractivity contribution in [1.82, 2.24) is 0 Å². The van der Waals surface area contributed by atoms with E-state index in [1.165, 1.54) is 20.1 Å². The van der Waals surface area contributed by atoms with Crippen LogP contribution in [0.2, 0.25) is 0 Å². The van der Waals surface area contributed by atoms with Crippen LogP contribution in [0.4, 0.5) is 4.79 Å². The van der Waals surface area contributed by atoms with Gasteiger partial charge in [-0.15, -0.1) is 0 Å². The minimum atomic E-state index is -0.833. The first-order chi connectivity index (χ1) is 6.10. The summed E-state index contributed by atoms with van der Waals surface area (Å²) in [6, 6.07) is 0. The molecule has 0 aliphatic carbocycles. The quantitative estimate of drug-likeness (QED) is 0.492. The molecule has 5 heteroatoms. The van der Waals surface area contributed by atoms with Crippen LogP contribution in [0.25, 0.3) is 0 Å². The predicted octanol–water partition coefficient (Wildman–Crippen LogP) is 1.24. The zero-order valence-electron chi connectivity index (χ0n) is 7.83. The first-order valence-electron chi connectivity index (χ1n) is 3.64. The zero-order valence-corrected chi connectivity index (χ0v) is 7.83. The predicted molar refractivity (Wildman–Crippen MR) is 43.9 cm³/mol. The molecule has 0 fully saturated rings. The average Bonchev–Trinajstić information content (AvgIpc) is 2.11. The Hall–Kier alpha value is -1.52. The van der Waals surface area contributed by atoms with Crippen LogP contribution >= 0.6 is 0 Å². The molecule has 13 heavy (non-hydrogen) atoms. The molecular formula is C8H12O5. The molecule has 74 valence electrons. The van der Waals surface area contributed by atoms with E-state index in [9.17, 15) is 9.59 Å². The topological polar surface area (TPSA) is 61.8 Å². The second kappa shape index (κ2) is 6.05. The molecule has 0 radical (unpaired) electrons. The summed E-state index contributed by atoms with van der Waals surface area (Å²) in [6.07, 6.45) is 0.681. The van der Waals surface area contributed by atoms with Gasteiger partial charge in [0.1, 0.15) is 12.4 Å². The van der Waals surface area contributed by atoms with Crippen LogP contribution in [0, 0.1) is 0 Å². The fourth-order valence-electron chi connectivity index (χ4n) is 0.493. The molecule has 0 aromatic heterocycles. The van der Waals surface area contributed by atoms with Gasteiger partial charge in [-0.1, -0.05) is 0 Å². The SMILES string of the molecule is C/C=C(\COC(C)=O)OC(=O)OC. The second-order valence-corrected chi connectivity index (χ2v) is 2.09. The minimum absolute atomic E-state index is 0.0685. The highest BCUT2D eigenvalue weighted by atomic mass is 16.7. The van der Waals surface area contributed by atoms with Crippen molar-refractivity contribution in [3.05, 3.63) is 11.8 Å². The molecule has 0 heterocycles. The van der Waals surface area contributed by atoms with Gasteiger partial charge in [0.15, 0.2) is 0 Å². The number of methoxy groups -OCH3 is 1. The molecule has 0 aliphatic rings. The van der Waals surface area contributed by atoms with Crippen molar-refractivity contribution in [3.63, 3.8) is 0 Å². The van der Waals surface area contributed by atoms with Crippen LogP contribution in [0.1, 0.15) is 13.8 Å². The monoisotopic (exact) mass is 188 g/mol. The molecule has 0 saturated carbocycles. The van der Waals surface area contributed by atoms with E-state index < -0.39 is 12.1 Å². The lowest BCUT2D eigenvalue weighted by atomic mass is 10.5. The van der Waals surface area contributed by atoms with E-state index in [0.29, 0.717) is 0 Å². The van der Waals surface area contributed by atoms with Crippen molar-refractivity contribution in [2.24, 2.45) is 0 Å². The summed E-state index contributed by atoms with van der Waals surface area (Å²) in [7, 11) is 1.20. The van der Waals surface area contributed by atoms with E-state index in [1.54, 1.807) is 6.92 Å². The van der Waals surface area contributed by atoms with Gasteiger partial charge in [-0.2, -0.15) is 0 Å². The number of rotatable bonds is 3. The summed E-state index contributed by atoms with van der Waals surface area (Å²) >= 11 is 0. The summed E-state index contributed by atoms with van der Waals surface area (Å²) in [5.41, 5.74) is 0. The Balaban J connectivity index is 3.91. The molecule has 0 aliphatic heterocycles. The van der Waals surface area contributed by atoms with Gasteiger partial charge in [0, 0.05) is 6.92 Å². The van der Waals surface area contributed by atoms with Gasteiger partial charge < -0.3 is 14.2 Å². The molecule has 0 atom stereocenters. The highest BCUT2D eigenvalue weighted by Gasteiger charge is 2.06. The molecule has 0 bridgehead atoms. The Kier molecular flexibility index (Phi) is 5.34. The Bertz CT molecular complexity index is 219. The lowest BCUT2D eigenvalue weighted by molar-refractivity contribution is -0.140. The fraction of sp³-hybridized carbons (Fsp3) is 0.500. The Labute approximate surface area is 76.3 Å². The molecule has 0 aromatic rings. The van der Waals surface area contributed by atoms with Crippen LogP contribution in [0.15, 0.2) is 11.8 Å². The first-order valence-corrected chi connectivity index (χ1v) is 3.64. The summed E-state index contributed by atoms with van der Waals surface area (Å²) in [5.74, 6) is -0.199. The van der Waals surface area contributed by atoms with E-state index in [2.05, 4.69) is 14.2 Å². The molecule has 0 N–H and O–H groups in total. The number of carbonyl (C=O) groups excluding carboxylic acids is 2. The number of hydrogen-bond acceptors (Lipinski definition) is 5.